The van der Waals surface area contributed by atoms with Crippen LogP contribution < -0.4 is 20.1 Å². The van der Waals surface area contributed by atoms with Crippen LogP contribution in [0.3, 0.4) is 0 Å². The molecule has 3 rings (SSSR count). The molecule has 0 aliphatic carbocycles. The molecule has 160 valence electrons. The number of nitrogens with one attached hydrogen (secondary N) is 3. The summed E-state index contributed by atoms with van der Waals surface area (Å²) in [7, 11) is 1.68. The molecule has 0 saturated carbocycles. The average molecular weight is 413 g/mol. The quantitative estimate of drug-likeness (QED) is 0.605. The fourth-order valence-corrected chi connectivity index (χ4v) is 4.00. The lowest BCUT2D eigenvalue weighted by Gasteiger charge is -2.27. The zero-order valence-electron chi connectivity index (χ0n) is 18.1. The average Bonchev–Trinajstić information content (AvgIpc) is 2.98. The number of pyridine rings is 1. The second kappa shape index (κ2) is 10.2. The molecule has 3 heterocycles. The van der Waals surface area contributed by atoms with Gasteiger partial charge in [0, 0.05) is 32.0 Å². The van der Waals surface area contributed by atoms with Crippen molar-refractivity contribution in [2.45, 2.75) is 26.8 Å². The SMILES string of the molecule is COCCCn1c(C)c(C)c(C#N)c1NC(=O)C[NH+]1CCN(c2cccc[nH+]2)CC1. The molecule has 1 fully saturated rings. The van der Waals surface area contributed by atoms with Gasteiger partial charge in [-0.15, -0.1) is 0 Å². The number of methoxy groups -OCH3 is 1. The van der Waals surface area contributed by atoms with Gasteiger partial charge in [0.1, 0.15) is 38.1 Å². The number of rotatable bonds is 8. The minimum atomic E-state index is -0.0493. The number of H-pyrrole nitrogens is 1. The number of carbonyl (C=O) groups is 1. The molecule has 0 atom stereocenters. The number of hydrogen-bond donors (Lipinski definition) is 2. The summed E-state index contributed by atoms with van der Waals surface area (Å²) < 4.78 is 7.18. The summed E-state index contributed by atoms with van der Waals surface area (Å²) in [6, 6.07) is 8.33. The maximum atomic E-state index is 12.8. The lowest BCUT2D eigenvalue weighted by Crippen LogP contribution is -3.15. The Balaban J connectivity index is 1.61. The second-order valence-corrected chi connectivity index (χ2v) is 7.75. The van der Waals surface area contributed by atoms with Crippen LogP contribution in [0.1, 0.15) is 23.2 Å². The Bertz CT molecular complexity index is 895. The van der Waals surface area contributed by atoms with Gasteiger partial charge in [-0.25, -0.2) is 4.98 Å². The van der Waals surface area contributed by atoms with E-state index in [1.165, 1.54) is 4.90 Å². The summed E-state index contributed by atoms with van der Waals surface area (Å²) in [6.45, 7) is 9.26. The van der Waals surface area contributed by atoms with E-state index in [-0.39, 0.29) is 5.91 Å². The van der Waals surface area contributed by atoms with Crippen molar-refractivity contribution < 1.29 is 19.4 Å². The highest BCUT2D eigenvalue weighted by Gasteiger charge is 2.28. The van der Waals surface area contributed by atoms with Crippen molar-refractivity contribution in [2.75, 3.05) is 56.7 Å². The first-order valence-corrected chi connectivity index (χ1v) is 10.5. The summed E-state index contributed by atoms with van der Waals surface area (Å²) in [5.74, 6) is 1.68. The summed E-state index contributed by atoms with van der Waals surface area (Å²) in [4.78, 5) is 19.6. The Morgan fingerprint density at radius 2 is 2.10 bits per heavy atom. The fourth-order valence-electron chi connectivity index (χ4n) is 4.00. The van der Waals surface area contributed by atoms with Crippen LogP contribution in [0, 0.1) is 25.2 Å². The number of nitrogens with zero attached hydrogens (tertiary/aromatic N) is 3. The van der Waals surface area contributed by atoms with Crippen molar-refractivity contribution in [3.8, 4) is 6.07 Å². The molecule has 2 aromatic heterocycles. The lowest BCUT2D eigenvalue weighted by molar-refractivity contribution is -0.892. The molecule has 0 aromatic carbocycles. The van der Waals surface area contributed by atoms with Crippen LogP contribution in [0.25, 0.3) is 0 Å². The Morgan fingerprint density at radius 1 is 1.33 bits per heavy atom. The highest BCUT2D eigenvalue weighted by molar-refractivity contribution is 5.92. The number of quaternary nitrogens is 1. The number of aromatic amines is 1. The van der Waals surface area contributed by atoms with Crippen LogP contribution in [-0.2, 0) is 16.1 Å². The Hall–Kier alpha value is -2.89. The second-order valence-electron chi connectivity index (χ2n) is 7.75. The van der Waals surface area contributed by atoms with Crippen LogP contribution in [0.5, 0.6) is 0 Å². The monoisotopic (exact) mass is 412 g/mol. The van der Waals surface area contributed by atoms with Crippen molar-refractivity contribution >= 4 is 17.5 Å². The van der Waals surface area contributed by atoms with Gasteiger partial charge in [0.25, 0.3) is 11.7 Å². The number of hydrogen-bond acceptors (Lipinski definition) is 4. The third-order valence-corrected chi connectivity index (χ3v) is 5.84. The number of carbonyl (C=O) groups excluding carboxylic acids is 1. The fraction of sp³-hybridized carbons (Fsp3) is 0.500. The first-order chi connectivity index (χ1) is 14.5. The van der Waals surface area contributed by atoms with Crippen LogP contribution in [0.15, 0.2) is 24.4 Å². The first kappa shape index (κ1) is 21.8. The number of amides is 1. The highest BCUT2D eigenvalue weighted by atomic mass is 16.5. The van der Waals surface area contributed by atoms with Gasteiger partial charge in [0.15, 0.2) is 6.54 Å². The minimum Gasteiger partial charge on any atom is -0.385 e. The van der Waals surface area contributed by atoms with E-state index in [4.69, 9.17) is 4.74 Å². The normalized spacial score (nSPS) is 14.5. The van der Waals surface area contributed by atoms with Gasteiger partial charge in [0.2, 0.25) is 0 Å². The largest absolute Gasteiger partial charge is 0.385 e. The zero-order valence-corrected chi connectivity index (χ0v) is 18.1. The van der Waals surface area contributed by atoms with Crippen molar-refractivity contribution in [1.29, 1.82) is 5.26 Å². The topological polar surface area (TPSA) is 88.9 Å². The van der Waals surface area contributed by atoms with Crippen LogP contribution in [0.4, 0.5) is 11.6 Å². The van der Waals surface area contributed by atoms with Gasteiger partial charge in [-0.3, -0.25) is 9.69 Å². The van der Waals surface area contributed by atoms with Crippen molar-refractivity contribution in [3.05, 3.63) is 41.2 Å². The third kappa shape index (κ3) is 4.99. The van der Waals surface area contributed by atoms with Gasteiger partial charge < -0.3 is 19.5 Å². The maximum Gasteiger partial charge on any atom is 0.280 e. The van der Waals surface area contributed by atoms with Gasteiger partial charge in [0.05, 0.1) is 11.8 Å². The Morgan fingerprint density at radius 3 is 2.73 bits per heavy atom. The van der Waals surface area contributed by atoms with E-state index in [1.54, 1.807) is 7.11 Å². The molecule has 0 radical (unpaired) electrons. The highest BCUT2D eigenvalue weighted by Crippen LogP contribution is 2.26. The standard InChI is InChI=1S/C22H30N6O2/c1-17-18(2)28(9-6-14-30-3)22(19(17)15-23)25-21(29)16-26-10-12-27(13-11-26)20-7-4-5-8-24-20/h4-5,7-8H,6,9-14,16H2,1-3H3,(H,25,29)/p+2. The van der Waals surface area contributed by atoms with Crippen LogP contribution in [0.2, 0.25) is 0 Å². The zero-order chi connectivity index (χ0) is 21.5. The number of piperazine rings is 1. The van der Waals surface area contributed by atoms with Gasteiger partial charge in [-0.05, 0) is 31.9 Å². The smallest absolute Gasteiger partial charge is 0.280 e. The van der Waals surface area contributed by atoms with Crippen LogP contribution in [-0.4, -0.2) is 56.9 Å². The van der Waals surface area contributed by atoms with E-state index in [0.29, 0.717) is 31.1 Å². The Labute approximate surface area is 178 Å². The summed E-state index contributed by atoms with van der Waals surface area (Å²) >= 11 is 0. The summed E-state index contributed by atoms with van der Waals surface area (Å²) in [5.41, 5.74) is 2.49. The van der Waals surface area contributed by atoms with E-state index in [0.717, 1.165) is 49.7 Å². The number of ether oxygens (including phenoxy) is 1. The molecule has 1 aliphatic heterocycles. The van der Waals surface area contributed by atoms with Crippen LogP contribution >= 0.6 is 0 Å². The molecule has 1 saturated heterocycles. The molecule has 30 heavy (non-hydrogen) atoms. The molecule has 8 heteroatoms. The van der Waals surface area contributed by atoms with Gasteiger partial charge in [-0.2, -0.15) is 5.26 Å². The molecule has 0 spiro atoms. The molecule has 0 bridgehead atoms. The van der Waals surface area contributed by atoms with Gasteiger partial charge >= 0.3 is 0 Å². The molecule has 8 nitrogen and oxygen atoms in total. The van der Waals surface area contributed by atoms with Gasteiger partial charge in [-0.1, -0.05) is 6.07 Å². The molecule has 0 unspecified atom stereocenters. The molecule has 1 aliphatic rings. The predicted molar refractivity (Wildman–Crippen MR) is 115 cm³/mol. The number of nitriles is 1. The third-order valence-electron chi connectivity index (χ3n) is 5.84. The minimum absolute atomic E-state index is 0.0493. The molecular weight excluding hydrogens is 380 g/mol. The first-order valence-electron chi connectivity index (χ1n) is 10.5. The molecule has 2 aromatic rings. The summed E-state index contributed by atoms with van der Waals surface area (Å²) in [5, 5.41) is 12.7. The Kier molecular flexibility index (Phi) is 7.44. The van der Waals surface area contributed by atoms with Crippen molar-refractivity contribution in [1.82, 2.24) is 4.57 Å². The summed E-state index contributed by atoms with van der Waals surface area (Å²) in [6.07, 6.45) is 2.75. The van der Waals surface area contributed by atoms with E-state index >= 15 is 0 Å². The predicted octanol–water partition coefficient (Wildman–Crippen LogP) is 0.171. The number of anilines is 2. The molecular formula is C22H32N6O2+2. The molecule has 3 N–H and O–H groups in total. The lowest BCUT2D eigenvalue weighted by atomic mass is 10.2. The van der Waals surface area contributed by atoms with E-state index in [1.807, 2.05) is 36.7 Å². The van der Waals surface area contributed by atoms with Crippen molar-refractivity contribution in [2.24, 2.45) is 0 Å². The van der Waals surface area contributed by atoms with E-state index in [2.05, 4.69) is 27.3 Å². The molecule has 1 amide bonds. The maximum absolute atomic E-state index is 12.8. The number of aromatic nitrogens is 2. The van der Waals surface area contributed by atoms with E-state index < -0.39 is 0 Å². The van der Waals surface area contributed by atoms with Crippen molar-refractivity contribution in [3.63, 3.8) is 0 Å². The van der Waals surface area contributed by atoms with E-state index in [9.17, 15) is 10.1 Å².